The van der Waals surface area contributed by atoms with Gasteiger partial charge in [0, 0.05) is 26.2 Å². The molecule has 7 heteroatoms. The van der Waals surface area contributed by atoms with Crippen LogP contribution in [-0.4, -0.2) is 39.4 Å². The Kier molecular flexibility index (Phi) is 6.94. The second kappa shape index (κ2) is 8.46. The number of benzene rings is 1. The zero-order valence-corrected chi connectivity index (χ0v) is 14.3. The van der Waals surface area contributed by atoms with Crippen molar-refractivity contribution in [1.82, 2.24) is 9.62 Å². The Morgan fingerprint density at radius 1 is 1.39 bits per heavy atom. The van der Waals surface area contributed by atoms with Gasteiger partial charge in [0.1, 0.15) is 0 Å². The fourth-order valence-electron chi connectivity index (χ4n) is 1.87. The van der Waals surface area contributed by atoms with Crippen LogP contribution in [0.4, 0.5) is 0 Å². The van der Waals surface area contributed by atoms with Gasteiger partial charge in [0.2, 0.25) is 15.9 Å². The number of nitriles is 1. The lowest BCUT2D eigenvalue weighted by molar-refractivity contribution is -0.125. The van der Waals surface area contributed by atoms with Crippen molar-refractivity contribution >= 4 is 22.0 Å². The smallest absolute Gasteiger partial charge is 0.246 e. The molecule has 1 N–H and O–H groups in total. The highest BCUT2D eigenvalue weighted by atomic mass is 32.2. The van der Waals surface area contributed by atoms with E-state index in [1.54, 1.807) is 39.1 Å². The molecule has 0 aliphatic heterocycles. The van der Waals surface area contributed by atoms with Crippen LogP contribution in [0.1, 0.15) is 19.4 Å². The number of carbonyl (C=O) groups excluding carboxylic acids is 1. The van der Waals surface area contributed by atoms with Gasteiger partial charge in [0.25, 0.3) is 0 Å². The van der Waals surface area contributed by atoms with Crippen LogP contribution in [0.5, 0.6) is 0 Å². The van der Waals surface area contributed by atoms with Gasteiger partial charge in [-0.05, 0) is 30.7 Å². The lowest BCUT2D eigenvalue weighted by Gasteiger charge is -2.15. The Morgan fingerprint density at radius 2 is 2.00 bits per heavy atom. The summed E-state index contributed by atoms with van der Waals surface area (Å²) in [6.45, 7) is 4.15. The molecule has 23 heavy (non-hydrogen) atoms. The van der Waals surface area contributed by atoms with E-state index in [2.05, 4.69) is 10.8 Å². The normalized spacial score (nSPS) is 12.8. The highest BCUT2D eigenvalue weighted by molar-refractivity contribution is 7.89. The summed E-state index contributed by atoms with van der Waals surface area (Å²) in [6, 6.07) is 8.32. The van der Waals surface area contributed by atoms with Crippen LogP contribution in [-0.2, 0) is 14.8 Å². The van der Waals surface area contributed by atoms with Gasteiger partial charge in [-0.1, -0.05) is 19.1 Å². The molecule has 0 aliphatic carbocycles. The standard InChI is InChI=1S/C16H21N3O3S/c1-4-18-23(21,22)15-8-5-14(6-9-15)7-10-16(20)19(3)12-13(2)11-17/h5-10,13,18H,4,12H2,1-3H3. The van der Waals surface area contributed by atoms with Crippen LogP contribution in [0.15, 0.2) is 35.2 Å². The number of nitrogens with zero attached hydrogens (tertiary/aromatic N) is 2. The molecule has 124 valence electrons. The Labute approximate surface area is 137 Å². The summed E-state index contributed by atoms with van der Waals surface area (Å²) in [5.74, 6) is -0.440. The van der Waals surface area contributed by atoms with Gasteiger partial charge in [-0.15, -0.1) is 0 Å². The Hall–Kier alpha value is -2.17. The molecule has 0 spiro atoms. The van der Waals surface area contributed by atoms with Crippen molar-refractivity contribution < 1.29 is 13.2 Å². The predicted molar refractivity (Wildman–Crippen MR) is 88.8 cm³/mol. The first kappa shape index (κ1) is 18.9. The molecule has 0 aliphatic rings. The first-order chi connectivity index (χ1) is 10.8. The van der Waals surface area contributed by atoms with Crippen molar-refractivity contribution in [2.45, 2.75) is 18.7 Å². The number of nitrogens with one attached hydrogen (secondary N) is 1. The summed E-state index contributed by atoms with van der Waals surface area (Å²) in [4.78, 5) is 13.6. The fraction of sp³-hybridized carbons (Fsp3) is 0.375. The van der Waals surface area contributed by atoms with Crippen molar-refractivity contribution in [1.29, 1.82) is 5.26 Å². The first-order valence-corrected chi connectivity index (χ1v) is 8.71. The second-order valence-electron chi connectivity index (χ2n) is 5.15. The predicted octanol–water partition coefficient (Wildman–Crippen LogP) is 1.62. The molecule has 1 rings (SSSR count). The van der Waals surface area contributed by atoms with E-state index in [1.165, 1.54) is 23.1 Å². The molecule has 1 aromatic carbocycles. The maximum absolute atomic E-state index is 11.9. The van der Waals surface area contributed by atoms with Crippen LogP contribution in [0.2, 0.25) is 0 Å². The lowest BCUT2D eigenvalue weighted by atomic mass is 10.2. The van der Waals surface area contributed by atoms with Gasteiger partial charge in [-0.25, -0.2) is 13.1 Å². The van der Waals surface area contributed by atoms with E-state index in [9.17, 15) is 13.2 Å². The molecule has 1 aromatic rings. The lowest BCUT2D eigenvalue weighted by Crippen LogP contribution is -2.29. The Balaban J connectivity index is 2.75. The Bertz CT molecular complexity index is 703. The van der Waals surface area contributed by atoms with Crippen molar-refractivity contribution in [3.05, 3.63) is 35.9 Å². The van der Waals surface area contributed by atoms with Gasteiger partial charge in [0.05, 0.1) is 16.9 Å². The summed E-state index contributed by atoms with van der Waals surface area (Å²) in [5.41, 5.74) is 0.718. The molecular weight excluding hydrogens is 314 g/mol. The molecule has 0 fully saturated rings. The monoisotopic (exact) mass is 335 g/mol. The molecule has 1 amide bonds. The van der Waals surface area contributed by atoms with E-state index in [0.29, 0.717) is 13.1 Å². The third kappa shape index (κ3) is 5.85. The van der Waals surface area contributed by atoms with Crippen molar-refractivity contribution in [2.24, 2.45) is 5.92 Å². The SMILES string of the molecule is CCNS(=O)(=O)c1ccc(C=CC(=O)N(C)CC(C)C#N)cc1. The zero-order chi connectivity index (χ0) is 17.5. The van der Waals surface area contributed by atoms with E-state index in [-0.39, 0.29) is 16.7 Å². The highest BCUT2D eigenvalue weighted by Crippen LogP contribution is 2.11. The minimum Gasteiger partial charge on any atom is -0.341 e. The summed E-state index contributed by atoms with van der Waals surface area (Å²) >= 11 is 0. The summed E-state index contributed by atoms with van der Waals surface area (Å²) in [6.07, 6.45) is 3.01. The molecule has 0 heterocycles. The molecule has 0 aromatic heterocycles. The van der Waals surface area contributed by atoms with E-state index in [1.807, 2.05) is 0 Å². The van der Waals surface area contributed by atoms with Crippen LogP contribution in [0.25, 0.3) is 6.08 Å². The number of hydrogen-bond donors (Lipinski definition) is 1. The molecule has 1 unspecified atom stereocenters. The van der Waals surface area contributed by atoms with Crippen LogP contribution < -0.4 is 4.72 Å². The highest BCUT2D eigenvalue weighted by Gasteiger charge is 2.12. The minimum atomic E-state index is -3.47. The summed E-state index contributed by atoms with van der Waals surface area (Å²) in [5, 5.41) is 8.74. The molecule has 0 bridgehead atoms. The number of sulfonamides is 1. The maximum Gasteiger partial charge on any atom is 0.246 e. The van der Waals surface area contributed by atoms with Crippen molar-refractivity contribution in [2.75, 3.05) is 20.1 Å². The molecule has 1 atom stereocenters. The average Bonchev–Trinajstić information content (AvgIpc) is 2.52. The third-order valence-electron chi connectivity index (χ3n) is 3.09. The number of carbonyl (C=O) groups is 1. The summed E-state index contributed by atoms with van der Waals surface area (Å²) < 4.78 is 26.0. The molecule has 0 radical (unpaired) electrons. The van der Waals surface area contributed by atoms with Crippen LogP contribution in [0.3, 0.4) is 0 Å². The van der Waals surface area contributed by atoms with Gasteiger partial charge in [-0.3, -0.25) is 4.79 Å². The quantitative estimate of drug-likeness (QED) is 0.767. The number of hydrogen-bond acceptors (Lipinski definition) is 4. The van der Waals surface area contributed by atoms with E-state index in [4.69, 9.17) is 5.26 Å². The fourth-order valence-corrected chi connectivity index (χ4v) is 2.91. The van der Waals surface area contributed by atoms with Gasteiger partial charge >= 0.3 is 0 Å². The summed E-state index contributed by atoms with van der Waals surface area (Å²) in [7, 11) is -1.84. The van der Waals surface area contributed by atoms with Gasteiger partial charge in [-0.2, -0.15) is 5.26 Å². The number of rotatable bonds is 7. The van der Waals surface area contributed by atoms with Gasteiger partial charge in [0.15, 0.2) is 0 Å². The molecule has 6 nitrogen and oxygen atoms in total. The van der Waals surface area contributed by atoms with Crippen LogP contribution >= 0.6 is 0 Å². The van der Waals surface area contributed by atoms with Crippen molar-refractivity contribution in [3.63, 3.8) is 0 Å². The molecule has 0 saturated carbocycles. The van der Waals surface area contributed by atoms with E-state index >= 15 is 0 Å². The van der Waals surface area contributed by atoms with Crippen LogP contribution in [0, 0.1) is 17.2 Å². The number of likely N-dealkylation sites (N-methyl/N-ethyl adjacent to an activating group) is 1. The molecule has 0 saturated heterocycles. The minimum absolute atomic E-state index is 0.183. The van der Waals surface area contributed by atoms with E-state index in [0.717, 1.165) is 5.56 Å². The topological polar surface area (TPSA) is 90.3 Å². The second-order valence-corrected chi connectivity index (χ2v) is 6.92. The third-order valence-corrected chi connectivity index (χ3v) is 4.65. The number of amides is 1. The Morgan fingerprint density at radius 3 is 2.52 bits per heavy atom. The van der Waals surface area contributed by atoms with Gasteiger partial charge < -0.3 is 4.90 Å². The maximum atomic E-state index is 11.9. The average molecular weight is 335 g/mol. The largest absolute Gasteiger partial charge is 0.341 e. The van der Waals surface area contributed by atoms with E-state index < -0.39 is 10.0 Å². The zero-order valence-electron chi connectivity index (χ0n) is 13.5. The first-order valence-electron chi connectivity index (χ1n) is 7.22. The van der Waals surface area contributed by atoms with Crippen molar-refractivity contribution in [3.8, 4) is 6.07 Å². The molecular formula is C16H21N3O3S.